The first-order chi connectivity index (χ1) is 9.24. The van der Waals surface area contributed by atoms with Crippen molar-refractivity contribution in [3.8, 4) is 0 Å². The summed E-state index contributed by atoms with van der Waals surface area (Å²) in [5.41, 5.74) is 1.13. The molecule has 1 atom stereocenters. The van der Waals surface area contributed by atoms with Gasteiger partial charge in [0.2, 0.25) is 0 Å². The van der Waals surface area contributed by atoms with Gasteiger partial charge >= 0.3 is 12.5 Å². The van der Waals surface area contributed by atoms with Gasteiger partial charge in [-0.05, 0) is 12.0 Å². The number of hydrogen-bond donors (Lipinski definition) is 0. The predicted octanol–water partition coefficient (Wildman–Crippen LogP) is 1.05. The van der Waals surface area contributed by atoms with E-state index >= 15 is 0 Å². The summed E-state index contributed by atoms with van der Waals surface area (Å²) in [5.74, 6) is 0. The Balaban J connectivity index is 2.11. The summed E-state index contributed by atoms with van der Waals surface area (Å²) in [5, 5.41) is 0. The lowest BCUT2D eigenvalue weighted by molar-refractivity contribution is 0.0753. The number of hydrogen-bond acceptors (Lipinski definition) is 3. The molecule has 1 fully saturated rings. The molecule has 0 spiro atoms. The van der Waals surface area contributed by atoms with Crippen LogP contribution in [-0.2, 0) is 16.0 Å². The average molecular weight is 261 g/mol. The van der Waals surface area contributed by atoms with Gasteiger partial charge in [0.1, 0.15) is 0 Å². The molecule has 2 amide bonds. The summed E-state index contributed by atoms with van der Waals surface area (Å²) in [6, 6.07) is 9.84. The van der Waals surface area contributed by atoms with Crippen LogP contribution < -0.4 is 0 Å². The Kier molecular flexibility index (Phi) is 4.39. The summed E-state index contributed by atoms with van der Waals surface area (Å²) in [6.07, 6.45) is 2.26. The van der Waals surface area contributed by atoms with Crippen molar-refractivity contribution in [3.63, 3.8) is 0 Å². The summed E-state index contributed by atoms with van der Waals surface area (Å²) in [7, 11) is 1.38. The van der Waals surface area contributed by atoms with Crippen LogP contribution in [0.1, 0.15) is 5.56 Å². The fourth-order valence-corrected chi connectivity index (χ4v) is 2.36. The highest BCUT2D eigenvalue weighted by Gasteiger charge is 2.30. The lowest BCUT2D eigenvalue weighted by Crippen LogP contribution is -2.55. The van der Waals surface area contributed by atoms with Crippen molar-refractivity contribution in [1.29, 1.82) is 0 Å². The molecule has 2 rings (SSSR count). The number of carbonyl (C=O) groups is 1. The van der Waals surface area contributed by atoms with Crippen LogP contribution in [0.3, 0.4) is 0 Å². The highest BCUT2D eigenvalue weighted by Crippen LogP contribution is 2.15. The number of ether oxygens (including phenoxy) is 1. The Bertz CT molecular complexity index is 436. The molecule has 5 heteroatoms. The Morgan fingerprint density at radius 3 is 2.74 bits per heavy atom. The second-order valence-electron chi connectivity index (χ2n) is 4.54. The van der Waals surface area contributed by atoms with Crippen molar-refractivity contribution in [1.82, 2.24) is 9.80 Å². The minimum absolute atomic E-state index is 0.0648. The first-order valence-electron chi connectivity index (χ1n) is 6.26. The monoisotopic (exact) mass is 261 g/mol. The normalized spacial score (nSPS) is 19.1. The van der Waals surface area contributed by atoms with E-state index < -0.39 is 0 Å². The molecule has 19 heavy (non-hydrogen) atoms. The van der Waals surface area contributed by atoms with E-state index in [1.165, 1.54) is 7.11 Å². The first-order valence-corrected chi connectivity index (χ1v) is 6.26. The largest absolute Gasteiger partial charge is 0.453 e. The molecule has 1 saturated heterocycles. The van der Waals surface area contributed by atoms with E-state index in [1.54, 1.807) is 9.80 Å². The van der Waals surface area contributed by atoms with Crippen molar-refractivity contribution in [2.24, 2.45) is 0 Å². The van der Waals surface area contributed by atoms with E-state index in [0.29, 0.717) is 26.1 Å². The van der Waals surface area contributed by atoms with Crippen molar-refractivity contribution < 1.29 is 14.3 Å². The van der Waals surface area contributed by atoms with Crippen LogP contribution >= 0.6 is 0 Å². The molecule has 5 nitrogen and oxygen atoms in total. The van der Waals surface area contributed by atoms with Crippen molar-refractivity contribution in [2.75, 3.05) is 26.7 Å². The van der Waals surface area contributed by atoms with Crippen LogP contribution in [-0.4, -0.2) is 55.1 Å². The third-order valence-corrected chi connectivity index (χ3v) is 3.34. The van der Waals surface area contributed by atoms with Gasteiger partial charge in [-0.15, -0.1) is 0 Å². The number of benzene rings is 1. The number of nitrogens with zero attached hydrogens (tertiary/aromatic N) is 2. The Morgan fingerprint density at radius 2 is 2.11 bits per heavy atom. The van der Waals surface area contributed by atoms with Crippen molar-refractivity contribution in [3.05, 3.63) is 35.9 Å². The maximum absolute atomic E-state index is 11.7. The maximum atomic E-state index is 11.7. The quantitative estimate of drug-likeness (QED) is 0.817. The fourth-order valence-electron chi connectivity index (χ4n) is 2.36. The lowest BCUT2D eigenvalue weighted by Gasteiger charge is -2.38. The SMILES string of the molecule is COC(=O)N1CCN([C]=O)CC1Cc1ccccc1. The maximum Gasteiger partial charge on any atom is 0.409 e. The smallest absolute Gasteiger partial charge is 0.409 e. The molecule has 101 valence electrons. The number of methoxy groups -OCH3 is 1. The summed E-state index contributed by atoms with van der Waals surface area (Å²) < 4.78 is 4.80. The van der Waals surface area contributed by atoms with Crippen molar-refractivity contribution in [2.45, 2.75) is 12.5 Å². The number of carbonyl (C=O) groups excluding carboxylic acids is 2. The van der Waals surface area contributed by atoms with E-state index in [2.05, 4.69) is 0 Å². The highest BCUT2D eigenvalue weighted by molar-refractivity contribution is 5.68. The van der Waals surface area contributed by atoms with E-state index in [1.807, 2.05) is 36.7 Å². The van der Waals surface area contributed by atoms with Crippen LogP contribution in [0.2, 0.25) is 0 Å². The third kappa shape index (κ3) is 3.24. The van der Waals surface area contributed by atoms with Crippen LogP contribution in [0.15, 0.2) is 30.3 Å². The predicted molar refractivity (Wildman–Crippen MR) is 70.3 cm³/mol. The molecule has 1 aliphatic rings. The molecule has 0 aliphatic carbocycles. The van der Waals surface area contributed by atoms with Gasteiger partial charge in [-0.3, -0.25) is 4.79 Å². The van der Waals surface area contributed by atoms with Crippen LogP contribution in [0.5, 0.6) is 0 Å². The van der Waals surface area contributed by atoms with E-state index in [0.717, 1.165) is 5.56 Å². The van der Waals surface area contributed by atoms with Gasteiger partial charge in [-0.2, -0.15) is 0 Å². The van der Waals surface area contributed by atoms with Gasteiger partial charge in [-0.25, -0.2) is 4.79 Å². The minimum Gasteiger partial charge on any atom is -0.453 e. The standard InChI is InChI=1S/C14H17N2O3/c1-19-14(18)16-8-7-15(11-17)10-13(16)9-12-5-3-2-4-6-12/h2-6,13H,7-10H2,1H3. The highest BCUT2D eigenvalue weighted by atomic mass is 16.5. The van der Waals surface area contributed by atoms with Gasteiger partial charge in [0.25, 0.3) is 0 Å². The molecule has 0 N–H and O–H groups in total. The molecule has 1 aromatic rings. The van der Waals surface area contributed by atoms with Gasteiger partial charge in [-0.1, -0.05) is 30.3 Å². The zero-order valence-corrected chi connectivity index (χ0v) is 10.9. The number of rotatable bonds is 3. The molecule has 1 aliphatic heterocycles. The molecule has 0 bridgehead atoms. The van der Waals surface area contributed by atoms with Gasteiger partial charge in [0, 0.05) is 19.6 Å². The topological polar surface area (TPSA) is 49.9 Å². The lowest BCUT2D eigenvalue weighted by atomic mass is 10.0. The zero-order valence-electron chi connectivity index (χ0n) is 10.9. The summed E-state index contributed by atoms with van der Waals surface area (Å²) in [6.45, 7) is 1.48. The van der Waals surface area contributed by atoms with Crippen LogP contribution in [0.25, 0.3) is 0 Å². The Labute approximate surface area is 112 Å². The van der Waals surface area contributed by atoms with Crippen molar-refractivity contribution >= 4 is 12.5 Å². The second kappa shape index (κ2) is 6.22. The molecular formula is C14H17N2O3. The fraction of sp³-hybridized carbons (Fsp3) is 0.429. The third-order valence-electron chi connectivity index (χ3n) is 3.34. The number of amides is 2. The van der Waals surface area contributed by atoms with Gasteiger partial charge in [0.15, 0.2) is 0 Å². The van der Waals surface area contributed by atoms with Gasteiger partial charge < -0.3 is 14.5 Å². The minimum atomic E-state index is -0.341. The summed E-state index contributed by atoms with van der Waals surface area (Å²) >= 11 is 0. The van der Waals surface area contributed by atoms with Crippen LogP contribution in [0.4, 0.5) is 4.79 Å². The molecule has 1 heterocycles. The number of piperazine rings is 1. The summed E-state index contributed by atoms with van der Waals surface area (Å²) in [4.78, 5) is 25.8. The molecule has 0 aromatic heterocycles. The molecule has 1 aromatic carbocycles. The molecule has 0 saturated carbocycles. The van der Waals surface area contributed by atoms with E-state index in [-0.39, 0.29) is 12.1 Å². The average Bonchev–Trinajstić information content (AvgIpc) is 2.47. The van der Waals surface area contributed by atoms with E-state index in [9.17, 15) is 9.59 Å². The van der Waals surface area contributed by atoms with E-state index in [4.69, 9.17) is 4.74 Å². The molecule has 1 radical (unpaired) electrons. The Morgan fingerprint density at radius 1 is 1.37 bits per heavy atom. The molecular weight excluding hydrogens is 244 g/mol. The van der Waals surface area contributed by atoms with Gasteiger partial charge in [0.05, 0.1) is 13.2 Å². The first kappa shape index (κ1) is 13.4. The zero-order chi connectivity index (χ0) is 13.7. The second-order valence-corrected chi connectivity index (χ2v) is 4.54. The Hall–Kier alpha value is -2.04. The molecule has 1 unspecified atom stereocenters. The van der Waals surface area contributed by atoms with Crippen LogP contribution in [0, 0.1) is 0 Å².